The van der Waals surface area contributed by atoms with E-state index in [0.717, 1.165) is 40.8 Å². The number of aromatic nitrogens is 3. The van der Waals surface area contributed by atoms with Crippen LogP contribution in [0, 0.1) is 6.92 Å². The molecule has 2 heterocycles. The van der Waals surface area contributed by atoms with E-state index in [1.54, 1.807) is 19.6 Å². The lowest BCUT2D eigenvalue weighted by Gasteiger charge is -2.23. The highest BCUT2D eigenvalue weighted by Gasteiger charge is 2.19. The van der Waals surface area contributed by atoms with Gasteiger partial charge in [-0.05, 0) is 37.1 Å². The highest BCUT2D eigenvalue weighted by molar-refractivity contribution is 5.98. The van der Waals surface area contributed by atoms with Crippen LogP contribution in [-0.2, 0) is 17.8 Å². The molecule has 2 aromatic carbocycles. The van der Waals surface area contributed by atoms with Gasteiger partial charge in [0.2, 0.25) is 0 Å². The molecule has 6 nitrogen and oxygen atoms in total. The van der Waals surface area contributed by atoms with Crippen LogP contribution in [0.25, 0.3) is 21.9 Å². The Hall–Kier alpha value is -3.38. The van der Waals surface area contributed by atoms with Gasteiger partial charge < -0.3 is 18.6 Å². The molecule has 6 heteroatoms. The number of unbranched alkanes of at least 4 members (excludes halogenated alkanes) is 1. The summed E-state index contributed by atoms with van der Waals surface area (Å²) in [5, 5.41) is 1.58. The van der Waals surface area contributed by atoms with Gasteiger partial charge in [-0.15, -0.1) is 0 Å². The largest absolute Gasteiger partial charge is 0.497 e. The second-order valence-corrected chi connectivity index (χ2v) is 8.26. The van der Waals surface area contributed by atoms with Crippen LogP contribution in [0.15, 0.2) is 72.0 Å². The molecule has 4 rings (SSSR count). The highest BCUT2D eigenvalue weighted by atomic mass is 16.5. The summed E-state index contributed by atoms with van der Waals surface area (Å²) in [6, 6.07) is 15.9. The molecule has 0 N–H and O–H groups in total. The Labute approximate surface area is 194 Å². The van der Waals surface area contributed by atoms with E-state index >= 15 is 0 Å². The standard InChI is InChI=1S/C27H31N3O3/c1-4-5-15-33-23(17-29-14-13-28-19-29)18-30-20(2)26(21-9-7-6-8-10-21)25-16-22(32-3)11-12-24(25)27(30)31/h6-14,16,19,23H,4-5,15,17-18H2,1-3H3. The molecule has 0 spiro atoms. The molecule has 0 amide bonds. The van der Waals surface area contributed by atoms with Crippen molar-refractivity contribution in [1.29, 1.82) is 0 Å². The van der Waals surface area contributed by atoms with Crippen LogP contribution in [0.3, 0.4) is 0 Å². The third-order valence-corrected chi connectivity index (χ3v) is 6.01. The predicted molar refractivity (Wildman–Crippen MR) is 132 cm³/mol. The first-order valence-electron chi connectivity index (χ1n) is 11.5. The van der Waals surface area contributed by atoms with Gasteiger partial charge in [-0.25, -0.2) is 4.98 Å². The summed E-state index contributed by atoms with van der Waals surface area (Å²) in [7, 11) is 1.64. The number of hydrogen-bond acceptors (Lipinski definition) is 4. The van der Waals surface area contributed by atoms with Crippen LogP contribution < -0.4 is 10.3 Å². The number of hydrogen-bond donors (Lipinski definition) is 0. The van der Waals surface area contributed by atoms with Gasteiger partial charge in [-0.2, -0.15) is 0 Å². The van der Waals surface area contributed by atoms with E-state index in [9.17, 15) is 4.79 Å². The van der Waals surface area contributed by atoms with Crippen molar-refractivity contribution in [3.8, 4) is 16.9 Å². The van der Waals surface area contributed by atoms with Crippen molar-refractivity contribution in [3.63, 3.8) is 0 Å². The Morgan fingerprint density at radius 3 is 2.58 bits per heavy atom. The van der Waals surface area contributed by atoms with Crippen LogP contribution in [0.1, 0.15) is 25.5 Å². The third-order valence-electron chi connectivity index (χ3n) is 6.01. The van der Waals surface area contributed by atoms with E-state index in [4.69, 9.17) is 9.47 Å². The van der Waals surface area contributed by atoms with Crippen LogP contribution in [0.4, 0.5) is 0 Å². The van der Waals surface area contributed by atoms with E-state index < -0.39 is 0 Å². The van der Waals surface area contributed by atoms with Gasteiger partial charge in [0.05, 0.1) is 32.6 Å². The molecule has 0 aliphatic heterocycles. The molecule has 172 valence electrons. The fourth-order valence-electron chi connectivity index (χ4n) is 4.25. The fourth-order valence-corrected chi connectivity index (χ4v) is 4.25. The molecule has 0 aliphatic carbocycles. The fraction of sp³-hybridized carbons (Fsp3) is 0.333. The number of fused-ring (bicyclic) bond motifs is 1. The van der Waals surface area contributed by atoms with Gasteiger partial charge >= 0.3 is 0 Å². The zero-order valence-electron chi connectivity index (χ0n) is 19.5. The monoisotopic (exact) mass is 445 g/mol. The van der Waals surface area contributed by atoms with Gasteiger partial charge in [0.25, 0.3) is 5.56 Å². The Balaban J connectivity index is 1.83. The summed E-state index contributed by atoms with van der Waals surface area (Å²) in [6.07, 6.45) is 7.37. The molecule has 0 bridgehead atoms. The maximum absolute atomic E-state index is 13.6. The summed E-state index contributed by atoms with van der Waals surface area (Å²) in [5.41, 5.74) is 3.01. The smallest absolute Gasteiger partial charge is 0.258 e. The molecule has 0 aliphatic rings. The van der Waals surface area contributed by atoms with Crippen molar-refractivity contribution in [2.45, 2.75) is 45.9 Å². The average molecular weight is 446 g/mol. The minimum absolute atomic E-state index is 0.0143. The zero-order chi connectivity index (χ0) is 23.2. The van der Waals surface area contributed by atoms with E-state index in [-0.39, 0.29) is 11.7 Å². The SMILES string of the molecule is CCCCOC(Cn1ccnc1)Cn1c(C)c(-c2ccccc2)c2cc(OC)ccc2c1=O. The number of imidazole rings is 1. The van der Waals surface area contributed by atoms with E-state index in [2.05, 4.69) is 24.0 Å². The normalized spacial score (nSPS) is 12.2. The lowest BCUT2D eigenvalue weighted by molar-refractivity contribution is 0.0274. The van der Waals surface area contributed by atoms with Gasteiger partial charge in [0.1, 0.15) is 5.75 Å². The molecule has 0 saturated carbocycles. The topological polar surface area (TPSA) is 58.3 Å². The van der Waals surface area contributed by atoms with E-state index in [1.165, 1.54) is 0 Å². The Morgan fingerprint density at radius 2 is 1.88 bits per heavy atom. The van der Waals surface area contributed by atoms with Crippen molar-refractivity contribution < 1.29 is 9.47 Å². The molecular formula is C27H31N3O3. The lowest BCUT2D eigenvalue weighted by Crippen LogP contribution is -2.33. The molecule has 33 heavy (non-hydrogen) atoms. The Morgan fingerprint density at radius 1 is 1.06 bits per heavy atom. The highest BCUT2D eigenvalue weighted by Crippen LogP contribution is 2.32. The Kier molecular flexibility index (Phi) is 7.25. The molecule has 1 unspecified atom stereocenters. The van der Waals surface area contributed by atoms with E-state index in [1.807, 2.05) is 58.7 Å². The van der Waals surface area contributed by atoms with Gasteiger partial charge in [-0.1, -0.05) is 43.7 Å². The van der Waals surface area contributed by atoms with Crippen molar-refractivity contribution in [2.24, 2.45) is 0 Å². The number of ether oxygens (including phenoxy) is 2. The summed E-state index contributed by atoms with van der Waals surface area (Å²) in [4.78, 5) is 17.8. The number of methoxy groups -OCH3 is 1. The van der Waals surface area contributed by atoms with Crippen molar-refractivity contribution >= 4 is 10.8 Å². The number of pyridine rings is 1. The predicted octanol–water partition coefficient (Wildman–Crippen LogP) is 5.07. The van der Waals surface area contributed by atoms with Crippen LogP contribution in [0.2, 0.25) is 0 Å². The number of benzene rings is 2. The maximum Gasteiger partial charge on any atom is 0.258 e. The van der Waals surface area contributed by atoms with Gasteiger partial charge in [-0.3, -0.25) is 4.79 Å². The average Bonchev–Trinajstić information content (AvgIpc) is 3.35. The first-order chi connectivity index (χ1) is 16.1. The number of nitrogens with zero attached hydrogens (tertiary/aromatic N) is 3. The molecule has 2 aromatic heterocycles. The molecule has 4 aromatic rings. The maximum atomic E-state index is 13.6. The molecule has 0 saturated heterocycles. The van der Waals surface area contributed by atoms with Gasteiger partial charge in [0.15, 0.2) is 0 Å². The van der Waals surface area contributed by atoms with Crippen LogP contribution >= 0.6 is 0 Å². The summed E-state index contributed by atoms with van der Waals surface area (Å²) in [5.74, 6) is 0.733. The minimum Gasteiger partial charge on any atom is -0.497 e. The minimum atomic E-state index is -0.151. The van der Waals surface area contributed by atoms with Crippen molar-refractivity contribution in [1.82, 2.24) is 14.1 Å². The van der Waals surface area contributed by atoms with Gasteiger partial charge in [0, 0.05) is 41.0 Å². The molecule has 0 radical (unpaired) electrons. The summed E-state index contributed by atoms with van der Waals surface area (Å²) in [6.45, 7) is 5.93. The summed E-state index contributed by atoms with van der Waals surface area (Å²) < 4.78 is 15.6. The lowest BCUT2D eigenvalue weighted by atomic mass is 9.97. The van der Waals surface area contributed by atoms with Crippen LogP contribution in [-0.4, -0.2) is 33.9 Å². The molecule has 1 atom stereocenters. The zero-order valence-corrected chi connectivity index (χ0v) is 19.5. The first-order valence-corrected chi connectivity index (χ1v) is 11.5. The van der Waals surface area contributed by atoms with Crippen molar-refractivity contribution in [2.75, 3.05) is 13.7 Å². The van der Waals surface area contributed by atoms with Crippen molar-refractivity contribution in [3.05, 3.63) is 83.3 Å². The first kappa shape index (κ1) is 22.8. The third kappa shape index (κ3) is 5.01. The van der Waals surface area contributed by atoms with E-state index in [0.29, 0.717) is 25.1 Å². The number of rotatable bonds is 10. The summed E-state index contributed by atoms with van der Waals surface area (Å²) >= 11 is 0. The Bertz CT molecular complexity index is 1250. The molecular weight excluding hydrogens is 414 g/mol. The second kappa shape index (κ2) is 10.5. The van der Waals surface area contributed by atoms with Crippen LogP contribution in [0.5, 0.6) is 5.75 Å². The second-order valence-electron chi connectivity index (χ2n) is 8.26. The molecule has 0 fully saturated rings. The quantitative estimate of drug-likeness (QED) is 0.320.